The minimum absolute atomic E-state index is 0.0626. The Bertz CT molecular complexity index is 853. The van der Waals surface area contributed by atoms with Crippen LogP contribution in [0.15, 0.2) is 24.3 Å². The molecule has 2 aliphatic heterocycles. The lowest BCUT2D eigenvalue weighted by Gasteiger charge is -2.36. The molecular weight excluding hydrogens is 390 g/mol. The van der Waals surface area contributed by atoms with Gasteiger partial charge >= 0.3 is 0 Å². The van der Waals surface area contributed by atoms with Crippen LogP contribution < -0.4 is 10.2 Å². The summed E-state index contributed by atoms with van der Waals surface area (Å²) in [6.45, 7) is 6.12. The zero-order chi connectivity index (χ0) is 21.0. The number of hydrogen-bond acceptors (Lipinski definition) is 6. The third kappa shape index (κ3) is 5.95. The van der Waals surface area contributed by atoms with Crippen molar-refractivity contribution in [1.29, 1.82) is 0 Å². The van der Waals surface area contributed by atoms with Gasteiger partial charge in [0.05, 0.1) is 36.8 Å². The highest BCUT2D eigenvalue weighted by Crippen LogP contribution is 2.22. The van der Waals surface area contributed by atoms with E-state index in [4.69, 9.17) is 11.2 Å². The van der Waals surface area contributed by atoms with Crippen molar-refractivity contribution in [2.75, 3.05) is 47.9 Å². The van der Waals surface area contributed by atoms with E-state index >= 15 is 0 Å². The number of terminal acetylenes is 1. The molecule has 3 atom stereocenters. The number of carbonyl (C=O) groups is 1. The molecule has 0 saturated carbocycles. The van der Waals surface area contributed by atoms with Gasteiger partial charge in [0.1, 0.15) is 0 Å². The average molecular weight is 420 g/mol. The van der Waals surface area contributed by atoms with Crippen molar-refractivity contribution in [2.24, 2.45) is 0 Å². The lowest BCUT2D eigenvalue weighted by molar-refractivity contribution is -0.117. The van der Waals surface area contributed by atoms with Crippen LogP contribution in [-0.4, -0.2) is 75.2 Å². The summed E-state index contributed by atoms with van der Waals surface area (Å²) in [5, 5.41) is 2.88. The van der Waals surface area contributed by atoms with Crippen LogP contribution in [0.1, 0.15) is 20.3 Å². The molecular formula is C21H29N3O4S. The van der Waals surface area contributed by atoms with Crippen molar-refractivity contribution >= 4 is 27.1 Å². The third-order valence-corrected chi connectivity index (χ3v) is 7.05. The number of rotatable bonds is 6. The minimum atomic E-state index is -3.03. The summed E-state index contributed by atoms with van der Waals surface area (Å²) in [7, 11) is -3.03. The molecule has 3 unspecified atom stereocenters. The van der Waals surface area contributed by atoms with Gasteiger partial charge in [-0.15, -0.1) is 6.42 Å². The van der Waals surface area contributed by atoms with Gasteiger partial charge < -0.3 is 15.0 Å². The van der Waals surface area contributed by atoms with E-state index in [1.165, 1.54) is 0 Å². The first-order valence-corrected chi connectivity index (χ1v) is 11.8. The molecule has 0 aliphatic carbocycles. The van der Waals surface area contributed by atoms with Gasteiger partial charge in [-0.3, -0.25) is 9.69 Å². The van der Waals surface area contributed by atoms with Gasteiger partial charge in [0.15, 0.2) is 9.84 Å². The fourth-order valence-corrected chi connectivity index (χ4v) is 5.79. The molecule has 0 bridgehead atoms. The molecule has 1 amide bonds. The predicted molar refractivity (Wildman–Crippen MR) is 115 cm³/mol. The molecule has 2 heterocycles. The van der Waals surface area contributed by atoms with Gasteiger partial charge in [-0.1, -0.05) is 5.92 Å². The van der Waals surface area contributed by atoms with Gasteiger partial charge in [0, 0.05) is 30.5 Å². The monoisotopic (exact) mass is 419 g/mol. The van der Waals surface area contributed by atoms with E-state index in [2.05, 4.69) is 30.0 Å². The average Bonchev–Trinajstić information content (AvgIpc) is 3.01. The number of hydrogen-bond donors (Lipinski definition) is 1. The number of morpholine rings is 1. The number of benzene rings is 1. The zero-order valence-electron chi connectivity index (χ0n) is 17.0. The first-order chi connectivity index (χ1) is 13.8. The lowest BCUT2D eigenvalue weighted by Crippen LogP contribution is -2.45. The topological polar surface area (TPSA) is 79.0 Å². The standard InChI is InChI=1S/C21H29N3O4S/c1-4-10-23(20-9-11-29(26,27)15-20)14-21(25)22-18-5-7-19(8-6-18)24-12-16(2)28-17(3)13-24/h1,5-8,16-17,20H,9-15H2,2-3H3,(H,22,25). The van der Waals surface area contributed by atoms with Crippen molar-refractivity contribution in [1.82, 2.24) is 4.90 Å². The lowest BCUT2D eigenvalue weighted by atomic mass is 10.2. The number of nitrogens with one attached hydrogen (secondary N) is 1. The maximum Gasteiger partial charge on any atom is 0.238 e. The Labute approximate surface area is 173 Å². The highest BCUT2D eigenvalue weighted by Gasteiger charge is 2.32. The first kappa shape index (κ1) is 21.6. The summed E-state index contributed by atoms with van der Waals surface area (Å²) in [5.74, 6) is 2.54. The smallest absolute Gasteiger partial charge is 0.238 e. The van der Waals surface area contributed by atoms with Crippen molar-refractivity contribution < 1.29 is 17.9 Å². The fraction of sp³-hybridized carbons (Fsp3) is 0.571. The molecule has 8 heteroatoms. The number of ether oxygens (including phenoxy) is 1. The van der Waals surface area contributed by atoms with E-state index in [0.717, 1.165) is 18.8 Å². The Morgan fingerprint density at radius 2 is 1.93 bits per heavy atom. The van der Waals surface area contributed by atoms with Crippen molar-refractivity contribution in [3.63, 3.8) is 0 Å². The molecule has 2 fully saturated rings. The summed E-state index contributed by atoms with van der Waals surface area (Å²) in [4.78, 5) is 16.5. The Kier molecular flexibility index (Phi) is 6.83. The van der Waals surface area contributed by atoms with E-state index in [1.807, 2.05) is 24.3 Å². The molecule has 2 aliphatic rings. The van der Waals surface area contributed by atoms with E-state index in [0.29, 0.717) is 12.1 Å². The SMILES string of the molecule is C#CCN(CC(=O)Nc1ccc(N2CC(C)OC(C)C2)cc1)C1CCS(=O)(=O)C1. The molecule has 2 saturated heterocycles. The van der Waals surface area contributed by atoms with Gasteiger partial charge in [0.25, 0.3) is 0 Å². The maximum atomic E-state index is 12.5. The Morgan fingerprint density at radius 1 is 1.28 bits per heavy atom. The Hall–Kier alpha value is -2.08. The second-order valence-electron chi connectivity index (χ2n) is 7.92. The van der Waals surface area contributed by atoms with Crippen molar-refractivity contribution in [3.8, 4) is 12.3 Å². The van der Waals surface area contributed by atoms with Crippen LogP contribution in [0.2, 0.25) is 0 Å². The fourth-order valence-electron chi connectivity index (χ4n) is 4.02. The van der Waals surface area contributed by atoms with Crippen LogP contribution in [0, 0.1) is 12.3 Å². The van der Waals surface area contributed by atoms with Crippen LogP contribution in [0.3, 0.4) is 0 Å². The van der Waals surface area contributed by atoms with Crippen LogP contribution in [0.25, 0.3) is 0 Å². The third-order valence-electron chi connectivity index (χ3n) is 5.30. The normalized spacial score (nSPS) is 26.3. The van der Waals surface area contributed by atoms with Gasteiger partial charge in [-0.05, 0) is 44.5 Å². The Balaban J connectivity index is 1.57. The molecule has 1 aromatic rings. The number of anilines is 2. The second-order valence-corrected chi connectivity index (χ2v) is 10.2. The van der Waals surface area contributed by atoms with Crippen LogP contribution in [0.5, 0.6) is 0 Å². The second kappa shape index (κ2) is 9.16. The van der Waals surface area contributed by atoms with Crippen LogP contribution in [0.4, 0.5) is 11.4 Å². The minimum Gasteiger partial charge on any atom is -0.372 e. The predicted octanol–water partition coefficient (Wildman–Crippen LogP) is 1.36. The van der Waals surface area contributed by atoms with E-state index in [-0.39, 0.29) is 48.8 Å². The molecule has 158 valence electrons. The molecule has 7 nitrogen and oxygen atoms in total. The maximum absolute atomic E-state index is 12.5. The van der Waals surface area contributed by atoms with Crippen molar-refractivity contribution in [2.45, 2.75) is 38.5 Å². The molecule has 0 radical (unpaired) electrons. The summed E-state index contributed by atoms with van der Waals surface area (Å²) in [6.07, 6.45) is 6.29. The summed E-state index contributed by atoms with van der Waals surface area (Å²) < 4.78 is 29.2. The van der Waals surface area contributed by atoms with E-state index in [9.17, 15) is 13.2 Å². The van der Waals surface area contributed by atoms with Crippen LogP contribution in [-0.2, 0) is 19.4 Å². The quantitative estimate of drug-likeness (QED) is 0.702. The molecule has 0 aromatic heterocycles. The molecule has 1 N–H and O–H groups in total. The largest absolute Gasteiger partial charge is 0.372 e. The van der Waals surface area contributed by atoms with Gasteiger partial charge in [-0.2, -0.15) is 0 Å². The highest BCUT2D eigenvalue weighted by atomic mass is 32.2. The number of sulfone groups is 1. The molecule has 0 spiro atoms. The van der Waals surface area contributed by atoms with Gasteiger partial charge in [-0.25, -0.2) is 8.42 Å². The molecule has 3 rings (SSSR count). The molecule has 29 heavy (non-hydrogen) atoms. The van der Waals surface area contributed by atoms with E-state index < -0.39 is 9.84 Å². The van der Waals surface area contributed by atoms with Crippen molar-refractivity contribution in [3.05, 3.63) is 24.3 Å². The Morgan fingerprint density at radius 3 is 2.48 bits per heavy atom. The van der Waals surface area contributed by atoms with Gasteiger partial charge in [0.2, 0.25) is 5.91 Å². The summed E-state index contributed by atoms with van der Waals surface area (Å²) >= 11 is 0. The summed E-state index contributed by atoms with van der Waals surface area (Å²) in [5.41, 5.74) is 1.79. The number of amides is 1. The number of carbonyl (C=O) groups excluding carboxylic acids is 1. The first-order valence-electron chi connectivity index (χ1n) is 9.94. The molecule has 1 aromatic carbocycles. The highest BCUT2D eigenvalue weighted by molar-refractivity contribution is 7.91. The number of nitrogens with zero attached hydrogens (tertiary/aromatic N) is 2. The zero-order valence-corrected chi connectivity index (χ0v) is 17.8. The van der Waals surface area contributed by atoms with E-state index in [1.54, 1.807) is 4.90 Å². The van der Waals surface area contributed by atoms with Crippen LogP contribution >= 0.6 is 0 Å². The summed E-state index contributed by atoms with van der Waals surface area (Å²) in [6, 6.07) is 7.54.